The molecule has 0 aliphatic rings. The van der Waals surface area contributed by atoms with Crippen molar-refractivity contribution < 1.29 is 5.11 Å². The van der Waals surface area contributed by atoms with Gasteiger partial charge in [0.15, 0.2) is 0 Å². The predicted octanol–water partition coefficient (Wildman–Crippen LogP) is 0.375. The van der Waals surface area contributed by atoms with Gasteiger partial charge in [0, 0.05) is 25.9 Å². The number of hydrogen-bond acceptors (Lipinski definition) is 3. The summed E-state index contributed by atoms with van der Waals surface area (Å²) >= 11 is 0. The Kier molecular flexibility index (Phi) is 4.49. The van der Waals surface area contributed by atoms with Gasteiger partial charge >= 0.3 is 0 Å². The van der Waals surface area contributed by atoms with Crippen LogP contribution in [0.25, 0.3) is 0 Å². The summed E-state index contributed by atoms with van der Waals surface area (Å²) in [6.07, 6.45) is 4.51. The topological polar surface area (TPSA) is 50.1 Å². The van der Waals surface area contributed by atoms with Gasteiger partial charge in [-0.15, -0.1) is 0 Å². The van der Waals surface area contributed by atoms with Gasteiger partial charge in [-0.25, -0.2) is 4.98 Å². The van der Waals surface area contributed by atoms with Crippen molar-refractivity contribution in [1.29, 1.82) is 0 Å². The lowest BCUT2D eigenvalue weighted by Gasteiger charge is -2.05. The van der Waals surface area contributed by atoms with Gasteiger partial charge in [0.1, 0.15) is 0 Å². The molecule has 0 saturated carbocycles. The van der Waals surface area contributed by atoms with E-state index in [2.05, 4.69) is 21.8 Å². The van der Waals surface area contributed by atoms with Crippen molar-refractivity contribution in [2.75, 3.05) is 13.2 Å². The van der Waals surface area contributed by atoms with E-state index < -0.39 is 0 Å². The molecule has 1 aromatic heterocycles. The van der Waals surface area contributed by atoms with Crippen LogP contribution in [0.3, 0.4) is 0 Å². The minimum Gasteiger partial charge on any atom is -0.396 e. The summed E-state index contributed by atoms with van der Waals surface area (Å²) in [5.74, 6) is 0. The van der Waals surface area contributed by atoms with Gasteiger partial charge in [-0.3, -0.25) is 0 Å². The fraction of sp³-hybridized carbons (Fsp3) is 0.667. The highest BCUT2D eigenvalue weighted by Crippen LogP contribution is 1.97. The predicted molar refractivity (Wildman–Crippen MR) is 51.3 cm³/mol. The number of aliphatic hydroxyl groups excluding tert-OH is 1. The molecule has 0 aromatic carbocycles. The fourth-order valence-corrected chi connectivity index (χ4v) is 1.20. The molecule has 13 heavy (non-hydrogen) atoms. The van der Waals surface area contributed by atoms with Crippen LogP contribution >= 0.6 is 0 Å². The van der Waals surface area contributed by atoms with Crippen LogP contribution < -0.4 is 5.32 Å². The van der Waals surface area contributed by atoms with E-state index in [0.717, 1.165) is 26.1 Å². The maximum atomic E-state index is 8.57. The number of imidazole rings is 1. The van der Waals surface area contributed by atoms with Crippen molar-refractivity contribution in [2.24, 2.45) is 0 Å². The van der Waals surface area contributed by atoms with Crippen molar-refractivity contribution in [1.82, 2.24) is 14.9 Å². The van der Waals surface area contributed by atoms with Crippen molar-refractivity contribution in [3.8, 4) is 0 Å². The van der Waals surface area contributed by atoms with E-state index in [0.29, 0.717) is 0 Å². The quantitative estimate of drug-likeness (QED) is 0.627. The summed E-state index contributed by atoms with van der Waals surface area (Å²) in [6.45, 7) is 4.98. The van der Waals surface area contributed by atoms with Crippen LogP contribution in [-0.4, -0.2) is 27.8 Å². The second-order valence-electron chi connectivity index (χ2n) is 2.92. The Morgan fingerprint density at radius 2 is 2.46 bits per heavy atom. The van der Waals surface area contributed by atoms with Gasteiger partial charge in [0.05, 0.1) is 12.0 Å². The summed E-state index contributed by atoms with van der Waals surface area (Å²) < 4.78 is 2.10. The standard InChI is InChI=1S/C9H17N3O/c1-2-12-8-11-7-9(12)6-10-4-3-5-13/h7-8,10,13H,2-6H2,1H3. The first-order chi connectivity index (χ1) is 6.38. The molecule has 0 aliphatic carbocycles. The Morgan fingerprint density at radius 3 is 3.15 bits per heavy atom. The third-order valence-electron chi connectivity index (χ3n) is 1.96. The van der Waals surface area contributed by atoms with Crippen LogP contribution in [0.15, 0.2) is 12.5 Å². The van der Waals surface area contributed by atoms with Crippen LogP contribution in [-0.2, 0) is 13.1 Å². The number of aromatic nitrogens is 2. The molecule has 2 N–H and O–H groups in total. The van der Waals surface area contributed by atoms with Gasteiger partial charge in [0.25, 0.3) is 0 Å². The lowest BCUT2D eigenvalue weighted by molar-refractivity contribution is 0.286. The Balaban J connectivity index is 2.27. The molecule has 0 saturated heterocycles. The fourth-order valence-electron chi connectivity index (χ4n) is 1.20. The molecule has 1 heterocycles. The lowest BCUT2D eigenvalue weighted by atomic mass is 10.4. The average molecular weight is 183 g/mol. The number of nitrogens with one attached hydrogen (secondary N) is 1. The molecule has 0 radical (unpaired) electrons. The first-order valence-electron chi connectivity index (χ1n) is 4.69. The molecular formula is C9H17N3O. The van der Waals surface area contributed by atoms with Crippen LogP contribution in [0.5, 0.6) is 0 Å². The average Bonchev–Trinajstić information content (AvgIpc) is 2.60. The molecular weight excluding hydrogens is 166 g/mol. The van der Waals surface area contributed by atoms with E-state index >= 15 is 0 Å². The van der Waals surface area contributed by atoms with E-state index in [-0.39, 0.29) is 6.61 Å². The molecule has 4 heteroatoms. The van der Waals surface area contributed by atoms with Gasteiger partial charge < -0.3 is 15.0 Å². The highest BCUT2D eigenvalue weighted by Gasteiger charge is 1.98. The number of nitrogens with zero attached hydrogens (tertiary/aromatic N) is 2. The number of aryl methyl sites for hydroxylation is 1. The maximum Gasteiger partial charge on any atom is 0.0948 e. The minimum atomic E-state index is 0.250. The number of rotatable bonds is 6. The van der Waals surface area contributed by atoms with Crippen molar-refractivity contribution in [3.63, 3.8) is 0 Å². The van der Waals surface area contributed by atoms with Crippen LogP contribution in [0, 0.1) is 0 Å². The summed E-state index contributed by atoms with van der Waals surface area (Å²) in [6, 6.07) is 0. The second-order valence-corrected chi connectivity index (χ2v) is 2.92. The molecule has 0 aliphatic heterocycles. The molecule has 1 aromatic rings. The normalized spacial score (nSPS) is 10.6. The molecule has 0 fully saturated rings. The second kappa shape index (κ2) is 5.72. The zero-order valence-electron chi connectivity index (χ0n) is 8.03. The first kappa shape index (κ1) is 10.2. The Labute approximate surface area is 78.6 Å². The first-order valence-corrected chi connectivity index (χ1v) is 4.69. The molecule has 4 nitrogen and oxygen atoms in total. The highest BCUT2D eigenvalue weighted by atomic mass is 16.3. The molecule has 0 bridgehead atoms. The third-order valence-corrected chi connectivity index (χ3v) is 1.96. The van der Waals surface area contributed by atoms with Crippen LogP contribution in [0.4, 0.5) is 0 Å². The van der Waals surface area contributed by atoms with Crippen molar-refractivity contribution in [2.45, 2.75) is 26.4 Å². The summed E-state index contributed by atoms with van der Waals surface area (Å²) in [5, 5.41) is 11.8. The van der Waals surface area contributed by atoms with Gasteiger partial charge in [-0.2, -0.15) is 0 Å². The summed E-state index contributed by atoms with van der Waals surface area (Å²) in [4.78, 5) is 4.07. The molecule has 74 valence electrons. The van der Waals surface area contributed by atoms with Crippen LogP contribution in [0.2, 0.25) is 0 Å². The van der Waals surface area contributed by atoms with Gasteiger partial charge in [0.2, 0.25) is 0 Å². The van der Waals surface area contributed by atoms with Crippen molar-refractivity contribution >= 4 is 0 Å². The lowest BCUT2D eigenvalue weighted by Crippen LogP contribution is -2.17. The van der Waals surface area contributed by atoms with E-state index in [9.17, 15) is 0 Å². The van der Waals surface area contributed by atoms with E-state index in [1.54, 1.807) is 0 Å². The largest absolute Gasteiger partial charge is 0.396 e. The Hall–Kier alpha value is -0.870. The molecule has 0 spiro atoms. The Morgan fingerprint density at radius 1 is 1.62 bits per heavy atom. The van der Waals surface area contributed by atoms with Gasteiger partial charge in [-0.1, -0.05) is 0 Å². The van der Waals surface area contributed by atoms with Crippen molar-refractivity contribution in [3.05, 3.63) is 18.2 Å². The summed E-state index contributed by atoms with van der Waals surface area (Å²) in [7, 11) is 0. The highest BCUT2D eigenvalue weighted by molar-refractivity contribution is 4.97. The third kappa shape index (κ3) is 3.16. The van der Waals surface area contributed by atoms with E-state index in [4.69, 9.17) is 5.11 Å². The zero-order valence-corrected chi connectivity index (χ0v) is 8.03. The number of hydrogen-bond donors (Lipinski definition) is 2. The molecule has 0 unspecified atom stereocenters. The smallest absolute Gasteiger partial charge is 0.0948 e. The van der Waals surface area contributed by atoms with E-state index in [1.165, 1.54) is 5.69 Å². The SMILES string of the molecule is CCn1cncc1CNCCCO. The Bertz CT molecular complexity index is 235. The van der Waals surface area contributed by atoms with E-state index in [1.807, 2.05) is 12.5 Å². The molecule has 1 rings (SSSR count). The van der Waals surface area contributed by atoms with Gasteiger partial charge in [-0.05, 0) is 19.9 Å². The molecule has 0 amide bonds. The van der Waals surface area contributed by atoms with Crippen LogP contribution in [0.1, 0.15) is 19.0 Å². The maximum absolute atomic E-state index is 8.57. The summed E-state index contributed by atoms with van der Waals surface area (Å²) in [5.41, 5.74) is 1.19. The number of aliphatic hydroxyl groups is 1. The monoisotopic (exact) mass is 183 g/mol. The zero-order chi connectivity index (χ0) is 9.52. The minimum absolute atomic E-state index is 0.250. The molecule has 0 atom stereocenters.